The normalized spacial score (nSPS) is 66.0. The van der Waals surface area contributed by atoms with Gasteiger partial charge in [-0.1, -0.05) is 0 Å². The summed E-state index contributed by atoms with van der Waals surface area (Å²) in [6.45, 7) is 0. The molecule has 3 saturated carbocycles. The molecule has 0 heteroatoms. The van der Waals surface area contributed by atoms with Gasteiger partial charge in [-0.3, -0.25) is 0 Å². The number of hydrogen-bond donors (Lipinski definition) is 0. The van der Waals surface area contributed by atoms with E-state index in [4.69, 9.17) is 0 Å². The average Bonchev–Trinajstić information content (AvgIpc) is 2.59. The molecule has 3 aliphatic rings. The van der Waals surface area contributed by atoms with Crippen molar-refractivity contribution in [3.8, 4) is 0 Å². The summed E-state index contributed by atoms with van der Waals surface area (Å²) in [6.07, 6.45) is 6.40. The van der Waals surface area contributed by atoms with E-state index in [1.165, 1.54) is 23.7 Å². The Labute approximate surface area is 50.3 Å². The fourth-order valence-corrected chi connectivity index (χ4v) is 2.68. The first kappa shape index (κ1) is 3.92. The van der Waals surface area contributed by atoms with Crippen LogP contribution in [0.1, 0.15) is 25.7 Å². The summed E-state index contributed by atoms with van der Waals surface area (Å²) in [4.78, 5) is 0. The van der Waals surface area contributed by atoms with Crippen molar-refractivity contribution in [2.75, 3.05) is 0 Å². The molecular weight excluding hydrogens is 96.1 g/mol. The van der Waals surface area contributed by atoms with Crippen molar-refractivity contribution in [1.29, 1.82) is 0 Å². The maximum atomic E-state index is 1.61. The molecule has 0 aliphatic heterocycles. The summed E-state index contributed by atoms with van der Waals surface area (Å²) in [5.41, 5.74) is 0. The molecule has 0 aromatic carbocycles. The van der Waals surface area contributed by atoms with Crippen LogP contribution in [0.5, 0.6) is 0 Å². The third kappa shape index (κ3) is 0.340. The van der Waals surface area contributed by atoms with Gasteiger partial charge in [0.1, 0.15) is 0 Å². The second-order valence-corrected chi connectivity index (χ2v) is 3.90. The van der Waals surface area contributed by atoms with Crippen LogP contribution in [-0.2, 0) is 0 Å². The Morgan fingerprint density at radius 1 is 0.750 bits per heavy atom. The minimum absolute atomic E-state index is 1.22. The fraction of sp³-hybridized carbons (Fsp3) is 1.00. The lowest BCUT2D eigenvalue weighted by molar-refractivity contribution is 0.456. The van der Waals surface area contributed by atoms with Crippen LogP contribution in [-0.4, -0.2) is 0 Å². The van der Waals surface area contributed by atoms with Crippen LogP contribution >= 0.6 is 0 Å². The first-order valence-electron chi connectivity index (χ1n) is 3.95. The molecule has 0 saturated heterocycles. The van der Waals surface area contributed by atoms with Gasteiger partial charge in [0.05, 0.1) is 0 Å². The van der Waals surface area contributed by atoms with Crippen molar-refractivity contribution in [1.82, 2.24) is 0 Å². The minimum Gasteiger partial charge on any atom is -0.0499 e. The van der Waals surface area contributed by atoms with E-state index in [0.29, 0.717) is 0 Å². The van der Waals surface area contributed by atoms with Crippen molar-refractivity contribution in [3.63, 3.8) is 0 Å². The number of rotatable bonds is 0. The van der Waals surface area contributed by atoms with Crippen LogP contribution in [0.3, 0.4) is 0 Å². The number of fused-ring (bicyclic) bond motifs is 3. The molecule has 3 fully saturated rings. The van der Waals surface area contributed by atoms with E-state index in [-0.39, 0.29) is 0 Å². The van der Waals surface area contributed by atoms with Crippen LogP contribution in [0.2, 0.25) is 0 Å². The van der Waals surface area contributed by atoms with Crippen molar-refractivity contribution in [2.24, 2.45) is 23.7 Å². The maximum absolute atomic E-state index is 1.61. The van der Waals surface area contributed by atoms with Crippen LogP contribution in [0.25, 0.3) is 0 Å². The van der Waals surface area contributed by atoms with Gasteiger partial charge in [0.15, 0.2) is 0 Å². The van der Waals surface area contributed by atoms with Gasteiger partial charge in [0.2, 0.25) is 0 Å². The summed E-state index contributed by atoms with van der Waals surface area (Å²) in [5, 5.41) is 0. The third-order valence-electron chi connectivity index (χ3n) is 3.41. The second-order valence-electron chi connectivity index (χ2n) is 3.90. The molecule has 0 spiro atoms. The topological polar surface area (TPSA) is 0 Å². The molecule has 0 aromatic heterocycles. The van der Waals surface area contributed by atoms with Crippen LogP contribution in [0.15, 0.2) is 0 Å². The Hall–Kier alpha value is 0. The summed E-state index contributed by atoms with van der Waals surface area (Å²) < 4.78 is 0. The van der Waals surface area contributed by atoms with E-state index in [1.54, 1.807) is 25.7 Å². The quantitative estimate of drug-likeness (QED) is 0.445. The van der Waals surface area contributed by atoms with E-state index in [2.05, 4.69) is 0 Å². The molecule has 0 nitrogen and oxygen atoms in total. The Balaban J connectivity index is 1.89. The van der Waals surface area contributed by atoms with Crippen molar-refractivity contribution in [2.45, 2.75) is 25.7 Å². The Kier molecular flexibility index (Phi) is 0.482. The Bertz CT molecular complexity index is 112. The SMILES string of the molecule is C1C[C@H]2CC2C2C[C@@H]12. The molecule has 44 valence electrons. The zero-order valence-electron chi connectivity index (χ0n) is 5.14. The summed E-state index contributed by atoms with van der Waals surface area (Å²) >= 11 is 0. The molecule has 0 radical (unpaired) electrons. The summed E-state index contributed by atoms with van der Waals surface area (Å²) in [5.74, 6) is 4.93. The van der Waals surface area contributed by atoms with E-state index >= 15 is 0 Å². The third-order valence-corrected chi connectivity index (χ3v) is 3.41. The minimum atomic E-state index is 1.22. The van der Waals surface area contributed by atoms with Gasteiger partial charge in [-0.2, -0.15) is 0 Å². The lowest BCUT2D eigenvalue weighted by Gasteiger charge is -2.04. The highest BCUT2D eigenvalue weighted by Gasteiger charge is 2.56. The van der Waals surface area contributed by atoms with Gasteiger partial charge >= 0.3 is 0 Å². The van der Waals surface area contributed by atoms with E-state index < -0.39 is 0 Å². The van der Waals surface area contributed by atoms with Crippen molar-refractivity contribution >= 4 is 0 Å². The largest absolute Gasteiger partial charge is 0.0499 e. The average molecular weight is 108 g/mol. The van der Waals surface area contributed by atoms with Crippen LogP contribution in [0, 0.1) is 23.7 Å². The van der Waals surface area contributed by atoms with Gasteiger partial charge in [-0.05, 0) is 49.4 Å². The second kappa shape index (κ2) is 0.984. The Morgan fingerprint density at radius 2 is 1.25 bits per heavy atom. The van der Waals surface area contributed by atoms with Crippen molar-refractivity contribution in [3.05, 3.63) is 0 Å². The summed E-state index contributed by atoms with van der Waals surface area (Å²) in [6, 6.07) is 0. The molecule has 3 rings (SSSR count). The maximum Gasteiger partial charge on any atom is -0.0352 e. The molecule has 0 bridgehead atoms. The van der Waals surface area contributed by atoms with E-state index in [1.807, 2.05) is 0 Å². The molecule has 2 unspecified atom stereocenters. The first-order chi connectivity index (χ1) is 3.95. The molecule has 0 heterocycles. The van der Waals surface area contributed by atoms with Gasteiger partial charge in [0, 0.05) is 0 Å². The number of hydrogen-bond acceptors (Lipinski definition) is 0. The zero-order valence-corrected chi connectivity index (χ0v) is 5.14. The molecule has 0 N–H and O–H groups in total. The highest BCUT2D eigenvalue weighted by atomic mass is 14.6. The monoisotopic (exact) mass is 108 g/mol. The molecule has 8 heavy (non-hydrogen) atoms. The predicted octanol–water partition coefficient (Wildman–Crippen LogP) is 2.05. The Morgan fingerprint density at radius 3 is 1.75 bits per heavy atom. The smallest absolute Gasteiger partial charge is 0.0352 e. The fourth-order valence-electron chi connectivity index (χ4n) is 2.68. The van der Waals surface area contributed by atoms with Gasteiger partial charge < -0.3 is 0 Å². The molecule has 4 atom stereocenters. The zero-order chi connectivity index (χ0) is 5.14. The van der Waals surface area contributed by atoms with Crippen LogP contribution < -0.4 is 0 Å². The lowest BCUT2D eigenvalue weighted by Crippen LogP contribution is -1.96. The lowest BCUT2D eigenvalue weighted by atomic mass is 10.0. The molecule has 3 aliphatic carbocycles. The van der Waals surface area contributed by atoms with Crippen LogP contribution in [0.4, 0.5) is 0 Å². The highest BCUT2D eigenvalue weighted by Crippen LogP contribution is 2.65. The van der Waals surface area contributed by atoms with Gasteiger partial charge in [-0.25, -0.2) is 0 Å². The summed E-state index contributed by atoms with van der Waals surface area (Å²) in [7, 11) is 0. The van der Waals surface area contributed by atoms with Gasteiger partial charge in [-0.15, -0.1) is 0 Å². The van der Waals surface area contributed by atoms with Crippen molar-refractivity contribution < 1.29 is 0 Å². The van der Waals surface area contributed by atoms with E-state index in [9.17, 15) is 0 Å². The first-order valence-corrected chi connectivity index (χ1v) is 3.95. The standard InChI is InChI=1S/C8H12/c1-2-6-4-8(6)7-3-5(1)7/h5-8H,1-4H2/t5-,6+,7?,8?. The highest BCUT2D eigenvalue weighted by molar-refractivity contribution is 5.06. The molecular formula is C8H12. The van der Waals surface area contributed by atoms with Gasteiger partial charge in [0.25, 0.3) is 0 Å². The molecule has 0 amide bonds. The van der Waals surface area contributed by atoms with E-state index in [0.717, 1.165) is 0 Å². The predicted molar refractivity (Wildman–Crippen MR) is 32.4 cm³/mol. The molecule has 0 aromatic rings.